The molecule has 0 aromatic heterocycles. The lowest BCUT2D eigenvalue weighted by Gasteiger charge is -2.29. The standard InChI is InChI=1S/C52H48N2.C28H25N/c1-37-17-25-45(26-18-37)54(46-29-23-43(24-30-46)52(4,5)41-15-11-8-12-16-41)48-32-34-50-39(36-48)20-19-38-35-47(31-33-49(38)50)53(6)44-27-21-42(22-28-44)51(2,3)40-13-9-7-10-14-40;1-22-8-14-25(15-9-22)26-16-20-28(21-17-26)29(2)27-18-12-24(13-19-27)11-10-23-6-4-3-5-7-23/h7-36H,1-6H3;3-21H,1-2H3/b;11-10+. The van der Waals surface area contributed by atoms with Crippen LogP contribution in [0, 0.1) is 13.8 Å². The van der Waals surface area contributed by atoms with E-state index in [4.69, 9.17) is 0 Å². The van der Waals surface area contributed by atoms with E-state index >= 15 is 0 Å². The van der Waals surface area contributed by atoms with Crippen molar-refractivity contribution in [2.24, 2.45) is 0 Å². The third-order valence-corrected chi connectivity index (χ3v) is 16.7. The van der Waals surface area contributed by atoms with Gasteiger partial charge in [-0.25, -0.2) is 0 Å². The van der Waals surface area contributed by atoms with Crippen LogP contribution in [0.5, 0.6) is 0 Å². The summed E-state index contributed by atoms with van der Waals surface area (Å²) < 4.78 is 0. The van der Waals surface area contributed by atoms with E-state index in [1.54, 1.807) is 0 Å². The van der Waals surface area contributed by atoms with Gasteiger partial charge in [0.1, 0.15) is 0 Å². The van der Waals surface area contributed by atoms with Gasteiger partial charge in [0, 0.05) is 64.7 Å². The number of hydrogen-bond acceptors (Lipinski definition) is 3. The summed E-state index contributed by atoms with van der Waals surface area (Å²) in [7, 11) is 4.26. The van der Waals surface area contributed by atoms with Gasteiger partial charge >= 0.3 is 0 Å². The molecule has 3 heteroatoms. The second-order valence-electron chi connectivity index (χ2n) is 23.0. The highest BCUT2D eigenvalue weighted by molar-refractivity contribution is 6.09. The first-order valence-electron chi connectivity index (χ1n) is 28.9. The first-order chi connectivity index (χ1) is 40.3. The van der Waals surface area contributed by atoms with Crippen molar-refractivity contribution in [3.63, 3.8) is 0 Å². The van der Waals surface area contributed by atoms with E-state index < -0.39 is 0 Å². The van der Waals surface area contributed by atoms with Crippen molar-refractivity contribution in [2.45, 2.75) is 52.4 Å². The number of anilines is 7. The van der Waals surface area contributed by atoms with Crippen LogP contribution in [0.1, 0.15) is 72.2 Å². The van der Waals surface area contributed by atoms with Crippen molar-refractivity contribution < 1.29 is 0 Å². The van der Waals surface area contributed by atoms with Crippen LogP contribution in [-0.4, -0.2) is 14.1 Å². The number of hydrogen-bond donors (Lipinski definition) is 0. The minimum Gasteiger partial charge on any atom is -0.345 e. The molecular weight excluding hydrogens is 1000 g/mol. The van der Waals surface area contributed by atoms with Crippen molar-refractivity contribution in [1.82, 2.24) is 0 Å². The lowest BCUT2D eigenvalue weighted by Crippen LogP contribution is -2.19. The fraction of sp³-hybridized carbons (Fsp3) is 0.125. The fourth-order valence-electron chi connectivity index (χ4n) is 11.2. The zero-order chi connectivity index (χ0) is 57.5. The van der Waals surface area contributed by atoms with Gasteiger partial charge in [0.25, 0.3) is 0 Å². The minimum absolute atomic E-state index is 0.0657. The van der Waals surface area contributed by atoms with Crippen molar-refractivity contribution in [2.75, 3.05) is 28.8 Å². The average molecular weight is 1080 g/mol. The number of rotatable bonds is 14. The monoisotopic (exact) mass is 1080 g/mol. The molecule has 0 bridgehead atoms. The van der Waals surface area contributed by atoms with Gasteiger partial charge in [-0.15, -0.1) is 0 Å². The van der Waals surface area contributed by atoms with Gasteiger partial charge in [-0.2, -0.15) is 0 Å². The summed E-state index contributed by atoms with van der Waals surface area (Å²) in [5.41, 5.74) is 20.6. The van der Waals surface area contributed by atoms with Crippen molar-refractivity contribution in [3.8, 4) is 11.1 Å². The molecule has 0 aliphatic carbocycles. The number of fused-ring (bicyclic) bond motifs is 3. The smallest absolute Gasteiger partial charge is 0.0468 e. The number of benzene rings is 12. The van der Waals surface area contributed by atoms with E-state index in [1.807, 2.05) is 6.07 Å². The summed E-state index contributed by atoms with van der Waals surface area (Å²) in [4.78, 5) is 6.86. The van der Waals surface area contributed by atoms with Gasteiger partial charge in [-0.1, -0.05) is 251 Å². The van der Waals surface area contributed by atoms with Crippen LogP contribution in [0.2, 0.25) is 0 Å². The van der Waals surface area contributed by atoms with Crippen molar-refractivity contribution in [1.29, 1.82) is 0 Å². The molecular formula is C80H73N3. The summed E-state index contributed by atoms with van der Waals surface area (Å²) in [6, 6.07) is 103. The second-order valence-corrected chi connectivity index (χ2v) is 23.0. The summed E-state index contributed by atoms with van der Waals surface area (Å²) in [6.07, 6.45) is 4.29. The zero-order valence-electron chi connectivity index (χ0n) is 49.1. The van der Waals surface area contributed by atoms with Gasteiger partial charge in [0.15, 0.2) is 0 Å². The Morgan fingerprint density at radius 3 is 1.06 bits per heavy atom. The predicted octanol–water partition coefficient (Wildman–Crippen LogP) is 21.8. The maximum Gasteiger partial charge on any atom is 0.0468 e. The Morgan fingerprint density at radius 2 is 0.590 bits per heavy atom. The molecule has 0 aliphatic heterocycles. The highest BCUT2D eigenvalue weighted by Gasteiger charge is 2.25. The highest BCUT2D eigenvalue weighted by atomic mass is 15.1. The van der Waals surface area contributed by atoms with Crippen LogP contribution >= 0.6 is 0 Å². The van der Waals surface area contributed by atoms with Gasteiger partial charge in [-0.3, -0.25) is 0 Å². The van der Waals surface area contributed by atoms with Gasteiger partial charge < -0.3 is 14.7 Å². The van der Waals surface area contributed by atoms with Gasteiger partial charge in [-0.05, 0) is 165 Å². The van der Waals surface area contributed by atoms with Crippen LogP contribution in [0.25, 0.3) is 44.8 Å². The third-order valence-electron chi connectivity index (χ3n) is 16.7. The molecule has 0 fully saturated rings. The molecule has 12 rings (SSSR count). The lowest BCUT2D eigenvalue weighted by molar-refractivity contribution is 0.641. The van der Waals surface area contributed by atoms with Gasteiger partial charge in [0.2, 0.25) is 0 Å². The summed E-state index contributed by atoms with van der Waals surface area (Å²) in [5.74, 6) is 0. The Balaban J connectivity index is 0.000000209. The number of aryl methyl sites for hydroxylation is 2. The Labute approximate surface area is 492 Å². The molecule has 0 atom stereocenters. The van der Waals surface area contributed by atoms with E-state index in [0.717, 1.165) is 22.7 Å². The van der Waals surface area contributed by atoms with Crippen LogP contribution in [0.15, 0.2) is 285 Å². The highest BCUT2D eigenvalue weighted by Crippen LogP contribution is 2.41. The summed E-state index contributed by atoms with van der Waals surface area (Å²) in [5, 5.41) is 4.96. The molecule has 83 heavy (non-hydrogen) atoms. The van der Waals surface area contributed by atoms with Crippen molar-refractivity contribution in [3.05, 3.63) is 330 Å². The molecule has 0 amide bonds. The number of nitrogens with zero attached hydrogens (tertiary/aromatic N) is 3. The second kappa shape index (κ2) is 24.2. The van der Waals surface area contributed by atoms with E-state index in [9.17, 15) is 0 Å². The summed E-state index contributed by atoms with van der Waals surface area (Å²) >= 11 is 0. The van der Waals surface area contributed by atoms with Crippen LogP contribution < -0.4 is 14.7 Å². The molecule has 0 radical (unpaired) electrons. The molecule has 3 nitrogen and oxygen atoms in total. The molecule has 0 saturated heterocycles. The fourth-order valence-corrected chi connectivity index (χ4v) is 11.2. The first kappa shape index (κ1) is 55.2. The lowest BCUT2D eigenvalue weighted by atomic mass is 9.78. The molecule has 0 spiro atoms. The van der Waals surface area contributed by atoms with Crippen LogP contribution in [0.3, 0.4) is 0 Å². The molecule has 0 aliphatic rings. The van der Waals surface area contributed by atoms with E-state index in [0.29, 0.717) is 0 Å². The quantitative estimate of drug-likeness (QED) is 0.0794. The maximum atomic E-state index is 2.37. The minimum atomic E-state index is -0.0997. The van der Waals surface area contributed by atoms with E-state index in [1.165, 1.54) is 94.2 Å². The topological polar surface area (TPSA) is 9.72 Å². The Morgan fingerprint density at radius 1 is 0.277 bits per heavy atom. The van der Waals surface area contributed by atoms with Crippen LogP contribution in [-0.2, 0) is 10.8 Å². The van der Waals surface area contributed by atoms with E-state index in [2.05, 4.69) is 362 Å². The molecule has 408 valence electrons. The average Bonchev–Trinajstić information content (AvgIpc) is 3.64. The molecule has 12 aromatic carbocycles. The SMILES string of the molecule is Cc1ccc(-c2ccc(N(C)c3ccc(/C=C/c4ccccc4)cc3)cc2)cc1.Cc1ccc(N(c2ccc(C(C)(C)c3ccccc3)cc2)c2ccc3c(ccc4cc(N(C)c5ccc(C(C)(C)c6ccccc6)cc5)ccc43)c2)cc1. The Bertz CT molecular complexity index is 4110. The Hall–Kier alpha value is -9.70. The molecule has 0 N–H and O–H groups in total. The normalized spacial score (nSPS) is 11.6. The molecule has 0 saturated carbocycles. The summed E-state index contributed by atoms with van der Waals surface area (Å²) in [6.45, 7) is 13.4. The molecule has 0 unspecified atom stereocenters. The first-order valence-corrected chi connectivity index (χ1v) is 28.9. The largest absolute Gasteiger partial charge is 0.345 e. The van der Waals surface area contributed by atoms with E-state index in [-0.39, 0.29) is 10.8 Å². The molecule has 12 aromatic rings. The Kier molecular flexibility index (Phi) is 16.1. The molecule has 0 heterocycles. The van der Waals surface area contributed by atoms with Crippen molar-refractivity contribution >= 4 is 73.5 Å². The predicted molar refractivity (Wildman–Crippen MR) is 359 cm³/mol. The third kappa shape index (κ3) is 12.3. The zero-order valence-corrected chi connectivity index (χ0v) is 49.1. The van der Waals surface area contributed by atoms with Gasteiger partial charge in [0.05, 0.1) is 0 Å². The van der Waals surface area contributed by atoms with Crippen LogP contribution in [0.4, 0.5) is 39.8 Å². The maximum absolute atomic E-state index is 2.37.